The second-order valence-electron chi connectivity index (χ2n) is 9.19. The van der Waals surface area contributed by atoms with Gasteiger partial charge in [-0.25, -0.2) is 8.42 Å². The van der Waals surface area contributed by atoms with Crippen molar-refractivity contribution < 1.29 is 17.9 Å². The summed E-state index contributed by atoms with van der Waals surface area (Å²) < 4.78 is 33.0. The van der Waals surface area contributed by atoms with Gasteiger partial charge in [-0.1, -0.05) is 39.0 Å². The summed E-state index contributed by atoms with van der Waals surface area (Å²) in [6, 6.07) is 14.7. The molecule has 164 valence electrons. The Morgan fingerprint density at radius 2 is 1.53 bits per heavy atom. The lowest BCUT2D eigenvalue weighted by Gasteiger charge is -2.34. The van der Waals surface area contributed by atoms with E-state index in [-0.39, 0.29) is 22.8 Å². The van der Waals surface area contributed by atoms with Crippen LogP contribution in [0.5, 0.6) is 5.75 Å². The first-order valence-corrected chi connectivity index (χ1v) is 11.3. The van der Waals surface area contributed by atoms with Crippen LogP contribution in [-0.2, 0) is 14.8 Å². The molecule has 2 rings (SSSR count). The van der Waals surface area contributed by atoms with Crippen molar-refractivity contribution in [2.45, 2.75) is 51.5 Å². The predicted octanol–water partition coefficient (Wildman–Crippen LogP) is 4.22. The van der Waals surface area contributed by atoms with Crippen molar-refractivity contribution in [2.75, 3.05) is 18.0 Å². The molecule has 0 saturated heterocycles. The quantitative estimate of drug-likeness (QED) is 0.678. The first kappa shape index (κ1) is 23.7. The van der Waals surface area contributed by atoms with E-state index in [0.29, 0.717) is 11.4 Å². The van der Waals surface area contributed by atoms with Crippen molar-refractivity contribution >= 4 is 21.6 Å². The van der Waals surface area contributed by atoms with Gasteiger partial charge in [0.25, 0.3) is 10.0 Å². The largest absolute Gasteiger partial charge is 0.497 e. The number of benzene rings is 2. The zero-order valence-corrected chi connectivity index (χ0v) is 19.4. The Balaban J connectivity index is 2.35. The molecule has 0 spiro atoms. The third-order valence-electron chi connectivity index (χ3n) is 4.43. The number of ether oxygens (including phenoxy) is 1. The standard InChI is InChI=1S/C23H32N2O4S/c1-22(2,3)17-23(4,5)24-21(26)16-25(18-12-14-19(29-6)15-13-18)30(27,28)20-10-8-7-9-11-20/h7-15H,16-17H2,1-6H3,(H,24,26). The number of nitrogens with zero attached hydrogens (tertiary/aromatic N) is 1. The molecule has 0 bridgehead atoms. The van der Waals surface area contributed by atoms with E-state index in [4.69, 9.17) is 4.74 Å². The van der Waals surface area contributed by atoms with Crippen LogP contribution < -0.4 is 14.4 Å². The van der Waals surface area contributed by atoms with Crippen molar-refractivity contribution in [3.8, 4) is 5.75 Å². The Hall–Kier alpha value is -2.54. The minimum absolute atomic E-state index is 0.0164. The van der Waals surface area contributed by atoms with Crippen LogP contribution in [0.3, 0.4) is 0 Å². The van der Waals surface area contributed by atoms with Gasteiger partial charge in [0.2, 0.25) is 5.91 Å². The van der Waals surface area contributed by atoms with Crippen LogP contribution in [0.4, 0.5) is 5.69 Å². The maximum atomic E-state index is 13.3. The monoisotopic (exact) mass is 432 g/mol. The Kier molecular flexibility index (Phi) is 7.18. The van der Waals surface area contributed by atoms with Gasteiger partial charge in [-0.2, -0.15) is 0 Å². The summed E-state index contributed by atoms with van der Waals surface area (Å²) in [7, 11) is -2.39. The molecule has 0 aliphatic heterocycles. The summed E-state index contributed by atoms with van der Waals surface area (Å²) in [6.07, 6.45) is 0.750. The summed E-state index contributed by atoms with van der Waals surface area (Å²) in [6.45, 7) is 9.87. The lowest BCUT2D eigenvalue weighted by atomic mass is 9.82. The highest BCUT2D eigenvalue weighted by Gasteiger charge is 2.31. The number of carbonyl (C=O) groups excluding carboxylic acids is 1. The highest BCUT2D eigenvalue weighted by Crippen LogP contribution is 2.28. The van der Waals surface area contributed by atoms with E-state index in [9.17, 15) is 13.2 Å². The fourth-order valence-electron chi connectivity index (χ4n) is 3.70. The summed E-state index contributed by atoms with van der Waals surface area (Å²) in [5, 5.41) is 2.99. The lowest BCUT2D eigenvalue weighted by molar-refractivity contribution is -0.121. The number of methoxy groups -OCH3 is 1. The number of amides is 1. The van der Waals surface area contributed by atoms with Gasteiger partial charge in [0, 0.05) is 5.54 Å². The topological polar surface area (TPSA) is 75.7 Å². The third kappa shape index (κ3) is 6.49. The number of sulfonamides is 1. The third-order valence-corrected chi connectivity index (χ3v) is 6.22. The lowest BCUT2D eigenvalue weighted by Crippen LogP contribution is -2.50. The number of hydrogen-bond acceptors (Lipinski definition) is 4. The first-order valence-electron chi connectivity index (χ1n) is 9.87. The van der Waals surface area contributed by atoms with Crippen LogP contribution in [-0.4, -0.2) is 33.5 Å². The van der Waals surface area contributed by atoms with Gasteiger partial charge in [0.15, 0.2) is 0 Å². The zero-order chi connectivity index (χ0) is 22.6. The van der Waals surface area contributed by atoms with Gasteiger partial charge in [-0.05, 0) is 62.1 Å². The van der Waals surface area contributed by atoms with E-state index in [2.05, 4.69) is 26.1 Å². The van der Waals surface area contributed by atoms with Crippen molar-refractivity contribution in [1.82, 2.24) is 5.32 Å². The number of nitrogens with one attached hydrogen (secondary N) is 1. The van der Waals surface area contributed by atoms with Gasteiger partial charge in [0.1, 0.15) is 12.3 Å². The maximum absolute atomic E-state index is 13.3. The molecule has 2 aromatic carbocycles. The van der Waals surface area contributed by atoms with Crippen LogP contribution in [0.25, 0.3) is 0 Å². The van der Waals surface area contributed by atoms with E-state index < -0.39 is 15.6 Å². The number of anilines is 1. The van der Waals surface area contributed by atoms with E-state index in [1.54, 1.807) is 42.5 Å². The predicted molar refractivity (Wildman–Crippen MR) is 120 cm³/mol. The number of hydrogen-bond donors (Lipinski definition) is 1. The molecular weight excluding hydrogens is 400 g/mol. The van der Waals surface area contributed by atoms with Crippen LogP contribution in [0.1, 0.15) is 41.0 Å². The Morgan fingerprint density at radius 3 is 2.03 bits per heavy atom. The summed E-state index contributed by atoms with van der Waals surface area (Å²) in [4.78, 5) is 13.0. The van der Waals surface area contributed by atoms with Crippen LogP contribution >= 0.6 is 0 Å². The number of rotatable bonds is 8. The highest BCUT2D eigenvalue weighted by molar-refractivity contribution is 7.92. The minimum Gasteiger partial charge on any atom is -0.497 e. The molecular formula is C23H32N2O4S. The summed E-state index contributed by atoms with van der Waals surface area (Å²) in [5.41, 5.74) is -0.0663. The Morgan fingerprint density at radius 1 is 0.967 bits per heavy atom. The molecule has 0 saturated carbocycles. The second-order valence-corrected chi connectivity index (χ2v) is 11.1. The van der Waals surface area contributed by atoms with Crippen LogP contribution in [0.15, 0.2) is 59.5 Å². The molecule has 2 aromatic rings. The molecule has 0 aliphatic rings. The van der Waals surface area contributed by atoms with Crippen molar-refractivity contribution in [1.29, 1.82) is 0 Å². The minimum atomic E-state index is -3.93. The first-order chi connectivity index (χ1) is 13.8. The second kappa shape index (κ2) is 9.08. The van der Waals surface area contributed by atoms with Gasteiger partial charge < -0.3 is 10.1 Å². The fourth-order valence-corrected chi connectivity index (χ4v) is 5.14. The molecule has 0 heterocycles. The van der Waals surface area contributed by atoms with E-state index >= 15 is 0 Å². The molecule has 7 heteroatoms. The van der Waals surface area contributed by atoms with E-state index in [1.807, 2.05) is 13.8 Å². The zero-order valence-electron chi connectivity index (χ0n) is 18.6. The van der Waals surface area contributed by atoms with Gasteiger partial charge in [-0.15, -0.1) is 0 Å². The van der Waals surface area contributed by atoms with Crippen molar-refractivity contribution in [2.24, 2.45) is 5.41 Å². The molecule has 6 nitrogen and oxygen atoms in total. The van der Waals surface area contributed by atoms with Crippen LogP contribution in [0, 0.1) is 5.41 Å². The SMILES string of the molecule is COc1ccc(N(CC(=O)NC(C)(C)CC(C)(C)C)S(=O)(=O)c2ccccc2)cc1. The smallest absolute Gasteiger partial charge is 0.264 e. The molecule has 0 atom stereocenters. The summed E-state index contributed by atoms with van der Waals surface area (Å²) >= 11 is 0. The molecule has 0 aliphatic carbocycles. The normalized spacial score (nSPS) is 12.3. The molecule has 0 fully saturated rings. The Labute approximate surface area is 180 Å². The highest BCUT2D eigenvalue weighted by atomic mass is 32.2. The molecule has 0 unspecified atom stereocenters. The van der Waals surface area contributed by atoms with Gasteiger partial charge >= 0.3 is 0 Å². The molecule has 0 radical (unpaired) electrons. The van der Waals surface area contributed by atoms with Gasteiger partial charge in [0.05, 0.1) is 17.7 Å². The average Bonchev–Trinajstić information content (AvgIpc) is 2.64. The summed E-state index contributed by atoms with van der Waals surface area (Å²) in [5.74, 6) is 0.242. The average molecular weight is 433 g/mol. The molecule has 30 heavy (non-hydrogen) atoms. The van der Waals surface area contributed by atoms with Crippen molar-refractivity contribution in [3.05, 3.63) is 54.6 Å². The van der Waals surface area contributed by atoms with Crippen molar-refractivity contribution in [3.63, 3.8) is 0 Å². The van der Waals surface area contributed by atoms with E-state index in [0.717, 1.165) is 10.7 Å². The van der Waals surface area contributed by atoms with Gasteiger partial charge in [-0.3, -0.25) is 9.10 Å². The number of carbonyl (C=O) groups is 1. The molecule has 1 N–H and O–H groups in total. The maximum Gasteiger partial charge on any atom is 0.264 e. The van der Waals surface area contributed by atoms with Crippen LogP contribution in [0.2, 0.25) is 0 Å². The Bertz CT molecular complexity index is 947. The molecule has 0 aromatic heterocycles. The molecule has 1 amide bonds. The fraction of sp³-hybridized carbons (Fsp3) is 0.435. The van der Waals surface area contributed by atoms with E-state index in [1.165, 1.54) is 19.2 Å².